The first kappa shape index (κ1) is 23.6. The molecule has 2 aromatic carbocycles. The molecule has 4 aromatic rings. The number of hydrogen-bond donors (Lipinski definition) is 2. The van der Waals surface area contributed by atoms with Crippen LogP contribution < -0.4 is 4.72 Å². The van der Waals surface area contributed by atoms with Crippen LogP contribution in [0.5, 0.6) is 0 Å². The Bertz CT molecular complexity index is 1420. The van der Waals surface area contributed by atoms with Crippen LogP contribution >= 0.6 is 0 Å². The van der Waals surface area contributed by atoms with Gasteiger partial charge in [-0.25, -0.2) is 17.2 Å². The van der Waals surface area contributed by atoms with E-state index in [2.05, 4.69) is 20.0 Å². The van der Waals surface area contributed by atoms with E-state index in [9.17, 15) is 17.2 Å². The molecule has 0 aliphatic carbocycles. The van der Waals surface area contributed by atoms with Crippen LogP contribution in [0.2, 0.25) is 0 Å². The van der Waals surface area contributed by atoms with Gasteiger partial charge in [0.25, 0.3) is 10.0 Å². The molecule has 178 valence electrons. The number of benzene rings is 2. The van der Waals surface area contributed by atoms with Gasteiger partial charge in [0.15, 0.2) is 0 Å². The number of nitrogens with zero attached hydrogens (tertiary/aromatic N) is 3. The second-order valence-corrected chi connectivity index (χ2v) is 9.55. The van der Waals surface area contributed by atoms with Crippen LogP contribution in [-0.4, -0.2) is 41.1 Å². The Morgan fingerprint density at radius 1 is 1.15 bits per heavy atom. The lowest BCUT2D eigenvalue weighted by molar-refractivity contribution is 0.0710. The van der Waals surface area contributed by atoms with Gasteiger partial charge in [-0.15, -0.1) is 0 Å². The lowest BCUT2D eigenvalue weighted by Crippen LogP contribution is -2.13. The van der Waals surface area contributed by atoms with Crippen molar-refractivity contribution in [2.24, 2.45) is 0 Å². The van der Waals surface area contributed by atoms with Gasteiger partial charge in [0.2, 0.25) is 0 Å². The molecular formula is C23H23F2N5O3S. The number of ether oxygens (including phenoxy) is 1. The van der Waals surface area contributed by atoms with E-state index in [4.69, 9.17) is 4.74 Å². The van der Waals surface area contributed by atoms with Gasteiger partial charge in [-0.05, 0) is 56.3 Å². The molecule has 0 saturated heterocycles. The van der Waals surface area contributed by atoms with Crippen LogP contribution in [0.3, 0.4) is 0 Å². The number of hydrogen-bond acceptors (Lipinski definition) is 5. The van der Waals surface area contributed by atoms with Crippen LogP contribution in [0.15, 0.2) is 53.7 Å². The smallest absolute Gasteiger partial charge is 0.262 e. The van der Waals surface area contributed by atoms with Gasteiger partial charge >= 0.3 is 0 Å². The van der Waals surface area contributed by atoms with Crippen molar-refractivity contribution in [3.05, 3.63) is 71.7 Å². The first-order chi connectivity index (χ1) is 16.2. The van der Waals surface area contributed by atoms with E-state index in [1.165, 1.54) is 6.07 Å². The molecule has 0 atom stereocenters. The number of aromatic amines is 1. The fraction of sp³-hybridized carbons (Fsp3) is 0.217. The zero-order valence-electron chi connectivity index (χ0n) is 18.5. The number of rotatable bonds is 9. The molecule has 0 aliphatic rings. The lowest BCUT2D eigenvalue weighted by atomic mass is 10.1. The number of fused-ring (bicyclic) bond motifs is 1. The fourth-order valence-corrected chi connectivity index (χ4v) is 4.36. The quantitative estimate of drug-likeness (QED) is 0.364. The van der Waals surface area contributed by atoms with Gasteiger partial charge in [-0.3, -0.25) is 14.5 Å². The Morgan fingerprint density at radius 3 is 2.65 bits per heavy atom. The third kappa shape index (κ3) is 5.67. The summed E-state index contributed by atoms with van der Waals surface area (Å²) in [4.78, 5) is -0.506. The summed E-state index contributed by atoms with van der Waals surface area (Å²) in [6, 6.07) is 6.91. The highest BCUT2D eigenvalue weighted by molar-refractivity contribution is 7.92. The van der Waals surface area contributed by atoms with E-state index in [1.54, 1.807) is 29.1 Å². The standard InChI is InChI=1S/C23H23F2N5O3S/c1-15(2)33-8-7-30-14-16(13-26-30)3-5-22-21-12-19(4-6-23(21)28-27-22)29-34(31,32)20-10-17(24)9-18(25)11-20/h3-6,9-15,29H,7-8H2,1-2H3,(H,27,28)/b5-3+. The summed E-state index contributed by atoms with van der Waals surface area (Å²) < 4.78 is 61.8. The predicted octanol–water partition coefficient (Wildman–Crippen LogP) is 4.43. The Labute approximate surface area is 195 Å². The highest BCUT2D eigenvalue weighted by atomic mass is 32.2. The second-order valence-electron chi connectivity index (χ2n) is 7.87. The molecule has 0 aliphatic heterocycles. The maximum Gasteiger partial charge on any atom is 0.262 e. The third-order valence-corrected chi connectivity index (χ3v) is 6.21. The topological polar surface area (TPSA) is 102 Å². The molecule has 0 fully saturated rings. The molecule has 8 nitrogen and oxygen atoms in total. The summed E-state index contributed by atoms with van der Waals surface area (Å²) in [7, 11) is -4.19. The maximum atomic E-state index is 13.5. The third-order valence-electron chi connectivity index (χ3n) is 4.85. The van der Waals surface area contributed by atoms with Crippen LogP contribution in [0.1, 0.15) is 25.1 Å². The minimum Gasteiger partial charge on any atom is -0.377 e. The van der Waals surface area contributed by atoms with E-state index in [0.29, 0.717) is 35.8 Å². The first-order valence-electron chi connectivity index (χ1n) is 10.5. The van der Waals surface area contributed by atoms with E-state index in [1.807, 2.05) is 26.1 Å². The van der Waals surface area contributed by atoms with Gasteiger partial charge in [0.1, 0.15) is 11.6 Å². The maximum absolute atomic E-state index is 13.5. The van der Waals surface area contributed by atoms with E-state index < -0.39 is 26.6 Å². The number of H-pyrrole nitrogens is 1. The molecule has 0 radical (unpaired) electrons. The van der Waals surface area contributed by atoms with Crippen molar-refractivity contribution < 1.29 is 21.9 Å². The van der Waals surface area contributed by atoms with Crippen LogP contribution in [0.25, 0.3) is 23.1 Å². The number of nitrogens with one attached hydrogen (secondary N) is 2. The average molecular weight is 488 g/mol. The molecule has 2 heterocycles. The van der Waals surface area contributed by atoms with Gasteiger partial charge in [0, 0.05) is 28.9 Å². The molecule has 0 unspecified atom stereocenters. The molecular weight excluding hydrogens is 464 g/mol. The summed E-state index contributed by atoms with van der Waals surface area (Å²) >= 11 is 0. The normalized spacial score (nSPS) is 12.3. The van der Waals surface area contributed by atoms with Crippen molar-refractivity contribution >= 4 is 38.8 Å². The Morgan fingerprint density at radius 2 is 1.91 bits per heavy atom. The highest BCUT2D eigenvalue weighted by Gasteiger charge is 2.17. The van der Waals surface area contributed by atoms with Crippen molar-refractivity contribution in [3.63, 3.8) is 0 Å². The van der Waals surface area contributed by atoms with Crippen molar-refractivity contribution in [1.29, 1.82) is 0 Å². The molecule has 0 amide bonds. The van der Waals surface area contributed by atoms with Gasteiger partial charge in [0.05, 0.1) is 41.6 Å². The van der Waals surface area contributed by atoms with Crippen molar-refractivity contribution in [1.82, 2.24) is 20.0 Å². The van der Waals surface area contributed by atoms with Crippen molar-refractivity contribution in [3.8, 4) is 0 Å². The summed E-state index contributed by atoms with van der Waals surface area (Å²) in [6.07, 6.45) is 7.39. The van der Waals surface area contributed by atoms with Gasteiger partial charge < -0.3 is 4.74 Å². The van der Waals surface area contributed by atoms with E-state index in [-0.39, 0.29) is 11.8 Å². The largest absolute Gasteiger partial charge is 0.377 e. The number of halogens is 2. The Hall–Kier alpha value is -3.57. The molecule has 0 saturated carbocycles. The van der Waals surface area contributed by atoms with E-state index in [0.717, 1.165) is 17.7 Å². The Kier molecular flexibility index (Phi) is 6.75. The molecule has 2 aromatic heterocycles. The Balaban J connectivity index is 1.52. The van der Waals surface area contributed by atoms with Crippen LogP contribution in [0, 0.1) is 11.6 Å². The predicted molar refractivity (Wildman–Crippen MR) is 126 cm³/mol. The highest BCUT2D eigenvalue weighted by Crippen LogP contribution is 2.25. The number of sulfonamides is 1. The molecule has 2 N–H and O–H groups in total. The fourth-order valence-electron chi connectivity index (χ4n) is 3.27. The SMILES string of the molecule is CC(C)OCCn1cc(/C=C/c2n[nH]c3ccc(NS(=O)(=O)c4cc(F)cc(F)c4)cc23)cn1. The molecule has 0 bridgehead atoms. The van der Waals surface area contributed by atoms with Gasteiger partial charge in [-0.2, -0.15) is 10.2 Å². The lowest BCUT2D eigenvalue weighted by Gasteiger charge is -2.08. The average Bonchev–Trinajstić information content (AvgIpc) is 3.37. The number of anilines is 1. The zero-order valence-corrected chi connectivity index (χ0v) is 19.3. The molecule has 4 rings (SSSR count). The summed E-state index contributed by atoms with van der Waals surface area (Å²) in [5.74, 6) is -1.96. The summed E-state index contributed by atoms with van der Waals surface area (Å²) in [5, 5.41) is 12.1. The molecule has 34 heavy (non-hydrogen) atoms. The minimum absolute atomic E-state index is 0.160. The van der Waals surface area contributed by atoms with Gasteiger partial charge in [-0.1, -0.05) is 0 Å². The van der Waals surface area contributed by atoms with Crippen molar-refractivity contribution in [2.75, 3.05) is 11.3 Å². The zero-order chi connectivity index (χ0) is 24.3. The van der Waals surface area contributed by atoms with Crippen molar-refractivity contribution in [2.45, 2.75) is 31.4 Å². The summed E-state index contributed by atoms with van der Waals surface area (Å²) in [6.45, 7) is 5.15. The molecule has 0 spiro atoms. The second kappa shape index (κ2) is 9.74. The van der Waals surface area contributed by atoms with Crippen LogP contribution in [0.4, 0.5) is 14.5 Å². The minimum atomic E-state index is -4.19. The van der Waals surface area contributed by atoms with Crippen LogP contribution in [-0.2, 0) is 21.3 Å². The molecule has 11 heteroatoms. The first-order valence-corrected chi connectivity index (χ1v) is 12.0. The summed E-state index contributed by atoms with van der Waals surface area (Å²) in [5.41, 5.74) is 2.38. The van der Waals surface area contributed by atoms with E-state index >= 15 is 0 Å². The number of aromatic nitrogens is 4. The monoisotopic (exact) mass is 487 g/mol.